The highest BCUT2D eigenvalue weighted by molar-refractivity contribution is 5.78. The number of hydrogen-bond acceptors (Lipinski definition) is 3. The fourth-order valence-corrected chi connectivity index (χ4v) is 0.842. The fraction of sp³-hybridized carbons (Fsp3) is 0.200. The standard InChI is InChI=1S/C10H10N2O/c11-5-2-1-3-9-7-12-6-4-10(9)8-13/h4,6-8H,2,5,11H2. The summed E-state index contributed by atoms with van der Waals surface area (Å²) in [5.41, 5.74) is 6.50. The first kappa shape index (κ1) is 9.43. The molecule has 2 N–H and O–H groups in total. The topological polar surface area (TPSA) is 56.0 Å². The van der Waals surface area contributed by atoms with Crippen LogP contribution in [0.15, 0.2) is 18.5 Å². The maximum absolute atomic E-state index is 10.5. The predicted octanol–water partition coefficient (Wildman–Crippen LogP) is 0.594. The Morgan fingerprint density at radius 2 is 2.46 bits per heavy atom. The maximum atomic E-state index is 10.5. The van der Waals surface area contributed by atoms with Crippen molar-refractivity contribution in [3.8, 4) is 11.8 Å². The molecule has 0 unspecified atom stereocenters. The number of nitrogens with zero attached hydrogens (tertiary/aromatic N) is 1. The summed E-state index contributed by atoms with van der Waals surface area (Å²) >= 11 is 0. The van der Waals surface area contributed by atoms with Gasteiger partial charge in [0.2, 0.25) is 0 Å². The Morgan fingerprint density at radius 1 is 1.62 bits per heavy atom. The van der Waals surface area contributed by atoms with E-state index < -0.39 is 0 Å². The SMILES string of the molecule is NCCC#Cc1cnccc1C=O. The molecule has 0 saturated heterocycles. The van der Waals surface area contributed by atoms with Gasteiger partial charge in [0.1, 0.15) is 0 Å². The minimum atomic E-state index is 0.531. The van der Waals surface area contributed by atoms with Crippen LogP contribution in [0.3, 0.4) is 0 Å². The first-order valence-electron chi connectivity index (χ1n) is 3.96. The largest absolute Gasteiger partial charge is 0.330 e. The summed E-state index contributed by atoms with van der Waals surface area (Å²) < 4.78 is 0. The summed E-state index contributed by atoms with van der Waals surface area (Å²) in [5.74, 6) is 5.69. The van der Waals surface area contributed by atoms with Crippen molar-refractivity contribution < 1.29 is 4.79 Å². The summed E-state index contributed by atoms with van der Waals surface area (Å²) in [6.07, 6.45) is 4.55. The minimum absolute atomic E-state index is 0.531. The zero-order valence-electron chi connectivity index (χ0n) is 7.16. The van der Waals surface area contributed by atoms with Crippen molar-refractivity contribution in [2.24, 2.45) is 5.73 Å². The van der Waals surface area contributed by atoms with E-state index >= 15 is 0 Å². The van der Waals surface area contributed by atoms with Crippen molar-refractivity contribution >= 4 is 6.29 Å². The Kier molecular flexibility index (Phi) is 3.68. The van der Waals surface area contributed by atoms with E-state index in [-0.39, 0.29) is 0 Å². The summed E-state index contributed by atoms with van der Waals surface area (Å²) in [5, 5.41) is 0. The van der Waals surface area contributed by atoms with Gasteiger partial charge >= 0.3 is 0 Å². The van der Waals surface area contributed by atoms with Gasteiger partial charge in [-0.1, -0.05) is 11.8 Å². The third-order valence-corrected chi connectivity index (χ3v) is 1.47. The van der Waals surface area contributed by atoms with Crippen LogP contribution >= 0.6 is 0 Å². The van der Waals surface area contributed by atoms with Crippen LogP contribution in [-0.4, -0.2) is 17.8 Å². The van der Waals surface area contributed by atoms with Crippen LogP contribution in [0, 0.1) is 11.8 Å². The van der Waals surface area contributed by atoms with Gasteiger partial charge in [0.05, 0.1) is 5.56 Å². The van der Waals surface area contributed by atoms with E-state index in [2.05, 4.69) is 16.8 Å². The monoisotopic (exact) mass is 174 g/mol. The zero-order valence-corrected chi connectivity index (χ0v) is 7.16. The van der Waals surface area contributed by atoms with Crippen molar-refractivity contribution in [2.45, 2.75) is 6.42 Å². The van der Waals surface area contributed by atoms with Crippen LogP contribution in [0.2, 0.25) is 0 Å². The first-order valence-corrected chi connectivity index (χ1v) is 3.96. The molecule has 0 bridgehead atoms. The lowest BCUT2D eigenvalue weighted by Crippen LogP contribution is -1.95. The van der Waals surface area contributed by atoms with Gasteiger partial charge in [0, 0.05) is 30.9 Å². The number of pyridine rings is 1. The molecule has 0 saturated carbocycles. The fourth-order valence-electron chi connectivity index (χ4n) is 0.842. The van der Waals surface area contributed by atoms with Crippen LogP contribution in [0.25, 0.3) is 0 Å². The molecule has 66 valence electrons. The number of hydrogen-bond donors (Lipinski definition) is 1. The van der Waals surface area contributed by atoms with Crippen molar-refractivity contribution in [3.05, 3.63) is 29.6 Å². The maximum Gasteiger partial charge on any atom is 0.151 e. The third kappa shape index (κ3) is 2.69. The lowest BCUT2D eigenvalue weighted by Gasteiger charge is -1.92. The molecule has 0 atom stereocenters. The van der Waals surface area contributed by atoms with E-state index in [1.165, 1.54) is 0 Å². The number of nitrogens with two attached hydrogens (primary N) is 1. The summed E-state index contributed by atoms with van der Waals surface area (Å²) in [6.45, 7) is 0.531. The van der Waals surface area contributed by atoms with Gasteiger partial charge in [-0.2, -0.15) is 0 Å². The highest BCUT2D eigenvalue weighted by Crippen LogP contribution is 2.01. The Bertz CT molecular complexity index is 349. The van der Waals surface area contributed by atoms with Gasteiger partial charge in [-0.15, -0.1) is 0 Å². The Labute approximate surface area is 77.0 Å². The van der Waals surface area contributed by atoms with Gasteiger partial charge in [-0.25, -0.2) is 0 Å². The molecule has 3 heteroatoms. The molecular formula is C10H10N2O. The molecular weight excluding hydrogens is 164 g/mol. The van der Waals surface area contributed by atoms with Gasteiger partial charge < -0.3 is 5.73 Å². The number of carbonyl (C=O) groups excluding carboxylic acids is 1. The molecule has 13 heavy (non-hydrogen) atoms. The van der Waals surface area contributed by atoms with Gasteiger partial charge in [0.15, 0.2) is 6.29 Å². The van der Waals surface area contributed by atoms with Crippen molar-refractivity contribution in [3.63, 3.8) is 0 Å². The molecule has 0 radical (unpaired) electrons. The smallest absolute Gasteiger partial charge is 0.151 e. The van der Waals surface area contributed by atoms with Crippen molar-refractivity contribution in [1.82, 2.24) is 4.98 Å². The molecule has 0 spiro atoms. The second kappa shape index (κ2) is 5.07. The van der Waals surface area contributed by atoms with Crippen LogP contribution in [0.5, 0.6) is 0 Å². The molecule has 1 heterocycles. The van der Waals surface area contributed by atoms with E-state index in [9.17, 15) is 4.79 Å². The Balaban J connectivity index is 2.88. The normalized spacial score (nSPS) is 8.69. The number of aldehydes is 1. The lowest BCUT2D eigenvalue weighted by molar-refractivity contribution is 0.112. The average Bonchev–Trinajstić information content (AvgIpc) is 2.19. The highest BCUT2D eigenvalue weighted by atomic mass is 16.1. The van der Waals surface area contributed by atoms with Crippen LogP contribution in [0.1, 0.15) is 22.3 Å². The van der Waals surface area contributed by atoms with Crippen molar-refractivity contribution in [2.75, 3.05) is 6.54 Å². The van der Waals surface area contributed by atoms with E-state index in [1.54, 1.807) is 18.5 Å². The van der Waals surface area contributed by atoms with Crippen molar-refractivity contribution in [1.29, 1.82) is 0 Å². The molecule has 0 aromatic carbocycles. The average molecular weight is 174 g/mol. The molecule has 0 aliphatic heterocycles. The summed E-state index contributed by atoms with van der Waals surface area (Å²) in [4.78, 5) is 14.4. The molecule has 0 amide bonds. The molecule has 1 aromatic rings. The Hall–Kier alpha value is -1.66. The van der Waals surface area contributed by atoms with E-state index in [4.69, 9.17) is 5.73 Å². The molecule has 1 aromatic heterocycles. The van der Waals surface area contributed by atoms with Gasteiger partial charge in [0.25, 0.3) is 0 Å². The van der Waals surface area contributed by atoms with E-state index in [0.717, 1.165) is 6.29 Å². The second-order valence-electron chi connectivity index (χ2n) is 2.42. The molecule has 3 nitrogen and oxygen atoms in total. The highest BCUT2D eigenvalue weighted by Gasteiger charge is 1.95. The summed E-state index contributed by atoms with van der Waals surface area (Å²) in [6, 6.07) is 1.64. The zero-order chi connectivity index (χ0) is 9.52. The van der Waals surface area contributed by atoms with Crippen LogP contribution in [0.4, 0.5) is 0 Å². The molecule has 0 aliphatic rings. The third-order valence-electron chi connectivity index (χ3n) is 1.47. The number of aromatic nitrogens is 1. The van der Waals surface area contributed by atoms with Crippen LogP contribution in [-0.2, 0) is 0 Å². The second-order valence-corrected chi connectivity index (χ2v) is 2.42. The van der Waals surface area contributed by atoms with E-state index in [0.29, 0.717) is 24.1 Å². The van der Waals surface area contributed by atoms with Gasteiger partial charge in [-0.05, 0) is 6.07 Å². The Morgan fingerprint density at radius 3 is 3.15 bits per heavy atom. The number of rotatable bonds is 2. The quantitative estimate of drug-likeness (QED) is 0.527. The minimum Gasteiger partial charge on any atom is -0.330 e. The summed E-state index contributed by atoms with van der Waals surface area (Å²) in [7, 11) is 0. The van der Waals surface area contributed by atoms with Crippen LogP contribution < -0.4 is 5.73 Å². The van der Waals surface area contributed by atoms with E-state index in [1.807, 2.05) is 0 Å². The first-order chi connectivity index (χ1) is 6.38. The predicted molar refractivity (Wildman–Crippen MR) is 50.2 cm³/mol. The molecule has 0 fully saturated rings. The lowest BCUT2D eigenvalue weighted by atomic mass is 10.1. The molecule has 0 aliphatic carbocycles. The molecule has 1 rings (SSSR count). The number of carbonyl (C=O) groups is 1. The van der Waals surface area contributed by atoms with Gasteiger partial charge in [-0.3, -0.25) is 9.78 Å².